The lowest BCUT2D eigenvalue weighted by Gasteiger charge is -2.32. The number of carbonyl (C=O) groups is 1. The summed E-state index contributed by atoms with van der Waals surface area (Å²) >= 11 is 5.96. The van der Waals surface area contributed by atoms with Crippen molar-refractivity contribution >= 4 is 27.6 Å². The molecule has 1 aromatic rings. The monoisotopic (exact) mass is 405 g/mol. The predicted octanol–water partition coefficient (Wildman–Crippen LogP) is 3.28. The standard InChI is InChI=1S/C18H28ClNO5S/c1-13(2)10-20(17(21)18(3,4)12-19)11-14-7-8-15(24-5)16(9-14)25-26(6,22)23/h7-9,13H,10-12H2,1-6H3. The number of hydrogen-bond donors (Lipinski definition) is 0. The second-order valence-electron chi connectivity index (χ2n) is 7.37. The van der Waals surface area contributed by atoms with Crippen LogP contribution < -0.4 is 8.92 Å². The Morgan fingerprint density at radius 2 is 1.88 bits per heavy atom. The van der Waals surface area contributed by atoms with Gasteiger partial charge in [-0.2, -0.15) is 8.42 Å². The zero-order valence-corrected chi connectivity index (χ0v) is 17.8. The van der Waals surface area contributed by atoms with E-state index in [-0.39, 0.29) is 23.5 Å². The summed E-state index contributed by atoms with van der Waals surface area (Å²) in [4.78, 5) is 14.6. The molecule has 0 aliphatic rings. The third-order valence-electron chi connectivity index (χ3n) is 3.63. The van der Waals surface area contributed by atoms with Gasteiger partial charge in [0.1, 0.15) is 0 Å². The Labute approximate surface area is 161 Å². The van der Waals surface area contributed by atoms with Crippen LogP contribution >= 0.6 is 11.6 Å². The largest absolute Gasteiger partial charge is 0.493 e. The molecule has 0 aliphatic carbocycles. The number of alkyl halides is 1. The summed E-state index contributed by atoms with van der Waals surface area (Å²) in [7, 11) is -2.26. The average molecular weight is 406 g/mol. The van der Waals surface area contributed by atoms with Gasteiger partial charge >= 0.3 is 10.1 Å². The quantitative estimate of drug-likeness (QED) is 0.465. The summed E-state index contributed by atoms with van der Waals surface area (Å²) in [6.07, 6.45) is 0.969. The number of methoxy groups -OCH3 is 1. The lowest BCUT2D eigenvalue weighted by atomic mass is 9.93. The first-order valence-corrected chi connectivity index (χ1v) is 10.7. The second kappa shape index (κ2) is 8.95. The van der Waals surface area contributed by atoms with Gasteiger partial charge in [-0.15, -0.1) is 11.6 Å². The van der Waals surface area contributed by atoms with Crippen LogP contribution in [0.25, 0.3) is 0 Å². The summed E-state index contributed by atoms with van der Waals surface area (Å²) in [5.41, 5.74) is 0.0541. The average Bonchev–Trinajstić information content (AvgIpc) is 2.51. The molecule has 0 spiro atoms. The van der Waals surface area contributed by atoms with E-state index >= 15 is 0 Å². The Morgan fingerprint density at radius 3 is 2.35 bits per heavy atom. The molecule has 1 amide bonds. The van der Waals surface area contributed by atoms with Gasteiger partial charge in [0.05, 0.1) is 18.8 Å². The van der Waals surface area contributed by atoms with Gasteiger partial charge in [0.25, 0.3) is 0 Å². The summed E-state index contributed by atoms with van der Waals surface area (Å²) in [6, 6.07) is 4.98. The Hall–Kier alpha value is -1.47. The fourth-order valence-electron chi connectivity index (χ4n) is 2.41. The molecule has 1 aromatic carbocycles. The Morgan fingerprint density at radius 1 is 1.27 bits per heavy atom. The summed E-state index contributed by atoms with van der Waals surface area (Å²) in [5, 5.41) is 0. The summed E-state index contributed by atoms with van der Waals surface area (Å²) in [6.45, 7) is 8.55. The molecule has 0 radical (unpaired) electrons. The SMILES string of the molecule is COc1ccc(CN(CC(C)C)C(=O)C(C)(C)CCl)cc1OS(C)(=O)=O. The van der Waals surface area contributed by atoms with E-state index in [1.807, 2.05) is 27.7 Å². The molecule has 6 nitrogen and oxygen atoms in total. The molecular weight excluding hydrogens is 378 g/mol. The van der Waals surface area contributed by atoms with E-state index in [9.17, 15) is 13.2 Å². The molecule has 148 valence electrons. The van der Waals surface area contributed by atoms with Gasteiger partial charge in [0.2, 0.25) is 5.91 Å². The van der Waals surface area contributed by atoms with Crippen molar-refractivity contribution in [2.24, 2.45) is 11.3 Å². The highest BCUT2D eigenvalue weighted by Gasteiger charge is 2.31. The van der Waals surface area contributed by atoms with Crippen molar-refractivity contribution in [2.45, 2.75) is 34.2 Å². The minimum absolute atomic E-state index is 0.0531. The number of hydrogen-bond acceptors (Lipinski definition) is 5. The van der Waals surface area contributed by atoms with Crippen LogP contribution in [0.15, 0.2) is 18.2 Å². The first-order valence-electron chi connectivity index (χ1n) is 8.31. The highest BCUT2D eigenvalue weighted by molar-refractivity contribution is 7.86. The molecule has 0 N–H and O–H groups in total. The number of ether oxygens (including phenoxy) is 1. The van der Waals surface area contributed by atoms with E-state index in [1.165, 1.54) is 7.11 Å². The predicted molar refractivity (Wildman–Crippen MR) is 103 cm³/mol. The van der Waals surface area contributed by atoms with Gasteiger partial charge in [0.15, 0.2) is 11.5 Å². The van der Waals surface area contributed by atoms with Gasteiger partial charge in [-0.05, 0) is 37.5 Å². The minimum Gasteiger partial charge on any atom is -0.493 e. The van der Waals surface area contributed by atoms with Gasteiger partial charge in [-0.25, -0.2) is 0 Å². The zero-order chi connectivity index (χ0) is 20.1. The molecular formula is C18H28ClNO5S. The third kappa shape index (κ3) is 6.68. The maximum Gasteiger partial charge on any atom is 0.306 e. The van der Waals surface area contributed by atoms with Crippen LogP contribution in [-0.2, 0) is 21.5 Å². The minimum atomic E-state index is -3.70. The Bertz CT molecular complexity index is 731. The molecule has 0 saturated heterocycles. The van der Waals surface area contributed by atoms with Gasteiger partial charge < -0.3 is 13.8 Å². The molecule has 26 heavy (non-hydrogen) atoms. The molecule has 0 fully saturated rings. The van der Waals surface area contributed by atoms with Crippen LogP contribution in [0.3, 0.4) is 0 Å². The van der Waals surface area contributed by atoms with E-state index in [0.717, 1.165) is 11.8 Å². The van der Waals surface area contributed by atoms with Crippen molar-refractivity contribution in [3.8, 4) is 11.5 Å². The van der Waals surface area contributed by atoms with E-state index in [0.29, 0.717) is 18.8 Å². The maximum atomic E-state index is 12.9. The van der Waals surface area contributed by atoms with Gasteiger partial charge in [-0.1, -0.05) is 19.9 Å². The van der Waals surface area contributed by atoms with Crippen molar-refractivity contribution in [1.82, 2.24) is 4.90 Å². The van der Waals surface area contributed by atoms with E-state index < -0.39 is 15.5 Å². The van der Waals surface area contributed by atoms with Crippen LogP contribution in [-0.4, -0.2) is 45.0 Å². The van der Waals surface area contributed by atoms with Gasteiger partial charge in [0, 0.05) is 19.0 Å². The highest BCUT2D eigenvalue weighted by Crippen LogP contribution is 2.30. The van der Waals surface area contributed by atoms with Gasteiger partial charge in [-0.3, -0.25) is 4.79 Å². The van der Waals surface area contributed by atoms with Crippen LogP contribution in [0.4, 0.5) is 0 Å². The second-order valence-corrected chi connectivity index (χ2v) is 9.21. The number of rotatable bonds is 9. The Balaban J connectivity index is 3.18. The first kappa shape index (κ1) is 22.6. The topological polar surface area (TPSA) is 72.9 Å². The number of nitrogens with zero attached hydrogens (tertiary/aromatic N) is 1. The summed E-state index contributed by atoms with van der Waals surface area (Å²) in [5.74, 6) is 0.839. The fourth-order valence-corrected chi connectivity index (χ4v) is 2.98. The smallest absolute Gasteiger partial charge is 0.306 e. The van der Waals surface area contributed by atoms with Crippen molar-refractivity contribution in [3.63, 3.8) is 0 Å². The van der Waals surface area contributed by atoms with Crippen LogP contribution in [0, 0.1) is 11.3 Å². The van der Waals surface area contributed by atoms with Crippen molar-refractivity contribution in [1.29, 1.82) is 0 Å². The molecule has 0 saturated carbocycles. The Kier molecular flexibility index (Phi) is 7.77. The van der Waals surface area contributed by atoms with Crippen LogP contribution in [0.2, 0.25) is 0 Å². The summed E-state index contributed by atoms with van der Waals surface area (Å²) < 4.78 is 33.1. The van der Waals surface area contributed by atoms with E-state index in [2.05, 4.69) is 0 Å². The molecule has 0 heterocycles. The van der Waals surface area contributed by atoms with Crippen LogP contribution in [0.5, 0.6) is 11.5 Å². The number of carbonyl (C=O) groups excluding carboxylic acids is 1. The van der Waals surface area contributed by atoms with E-state index in [1.54, 1.807) is 23.1 Å². The number of amides is 1. The van der Waals surface area contributed by atoms with Crippen molar-refractivity contribution in [2.75, 3.05) is 25.8 Å². The zero-order valence-electron chi connectivity index (χ0n) is 16.2. The fraction of sp³-hybridized carbons (Fsp3) is 0.611. The van der Waals surface area contributed by atoms with Crippen LogP contribution in [0.1, 0.15) is 33.3 Å². The molecule has 8 heteroatoms. The highest BCUT2D eigenvalue weighted by atomic mass is 35.5. The number of benzene rings is 1. The molecule has 1 rings (SSSR count). The normalized spacial score (nSPS) is 12.2. The molecule has 0 aromatic heterocycles. The molecule has 0 atom stereocenters. The molecule has 0 aliphatic heterocycles. The third-order valence-corrected chi connectivity index (χ3v) is 4.78. The first-order chi connectivity index (χ1) is 11.9. The molecule has 0 bridgehead atoms. The number of halogens is 1. The van der Waals surface area contributed by atoms with Crippen molar-refractivity contribution in [3.05, 3.63) is 23.8 Å². The van der Waals surface area contributed by atoms with E-state index in [4.69, 9.17) is 20.5 Å². The lowest BCUT2D eigenvalue weighted by molar-refractivity contribution is -0.140. The van der Waals surface area contributed by atoms with Crippen molar-refractivity contribution < 1.29 is 22.1 Å². The molecule has 0 unspecified atom stereocenters. The maximum absolute atomic E-state index is 12.9. The lowest BCUT2D eigenvalue weighted by Crippen LogP contribution is -2.43.